The van der Waals surface area contributed by atoms with E-state index in [1.165, 1.54) is 12.3 Å². The van der Waals surface area contributed by atoms with Gasteiger partial charge in [-0.15, -0.1) is 0 Å². The SMILES string of the molecule is NS(=O)(=O)c1cc(NC(=O)Cc2ccccc2Cl)cc2ncccc12. The van der Waals surface area contributed by atoms with E-state index < -0.39 is 10.0 Å². The highest BCUT2D eigenvalue weighted by atomic mass is 35.5. The highest BCUT2D eigenvalue weighted by Crippen LogP contribution is 2.25. The van der Waals surface area contributed by atoms with Crippen molar-refractivity contribution in [2.24, 2.45) is 5.14 Å². The normalized spacial score (nSPS) is 11.4. The first kappa shape index (κ1) is 17.3. The number of benzene rings is 2. The first-order chi connectivity index (χ1) is 11.8. The maximum atomic E-state index is 12.3. The first-order valence-electron chi connectivity index (χ1n) is 7.29. The van der Waals surface area contributed by atoms with Crippen molar-refractivity contribution in [3.63, 3.8) is 0 Å². The molecular weight excluding hydrogens is 362 g/mol. The maximum absolute atomic E-state index is 12.3. The van der Waals surface area contributed by atoms with E-state index in [1.807, 2.05) is 0 Å². The number of fused-ring (bicyclic) bond motifs is 1. The van der Waals surface area contributed by atoms with Gasteiger partial charge in [-0.3, -0.25) is 9.78 Å². The quantitative estimate of drug-likeness (QED) is 0.731. The van der Waals surface area contributed by atoms with Gasteiger partial charge in [0.05, 0.1) is 16.8 Å². The predicted octanol–water partition coefficient (Wildman–Crippen LogP) is 2.72. The largest absolute Gasteiger partial charge is 0.326 e. The molecule has 3 N–H and O–H groups in total. The van der Waals surface area contributed by atoms with Gasteiger partial charge in [0.15, 0.2) is 0 Å². The Hall–Kier alpha value is -2.48. The van der Waals surface area contributed by atoms with Crippen LogP contribution < -0.4 is 10.5 Å². The van der Waals surface area contributed by atoms with Crippen LogP contribution in [0.3, 0.4) is 0 Å². The molecule has 0 saturated heterocycles. The number of carbonyl (C=O) groups is 1. The van der Waals surface area contributed by atoms with Crippen molar-refractivity contribution in [1.82, 2.24) is 4.98 Å². The van der Waals surface area contributed by atoms with Crippen LogP contribution in [0, 0.1) is 0 Å². The van der Waals surface area contributed by atoms with Gasteiger partial charge in [-0.2, -0.15) is 0 Å². The van der Waals surface area contributed by atoms with Crippen molar-refractivity contribution in [3.05, 3.63) is 65.3 Å². The molecule has 1 aromatic heterocycles. The summed E-state index contributed by atoms with van der Waals surface area (Å²) in [5, 5.41) is 8.83. The number of hydrogen-bond acceptors (Lipinski definition) is 4. The number of nitrogens with two attached hydrogens (primary N) is 1. The number of hydrogen-bond donors (Lipinski definition) is 2. The molecule has 1 amide bonds. The van der Waals surface area contributed by atoms with Crippen LogP contribution in [0.25, 0.3) is 10.9 Å². The van der Waals surface area contributed by atoms with Gasteiger partial charge in [0.1, 0.15) is 0 Å². The van der Waals surface area contributed by atoms with Gasteiger partial charge in [-0.25, -0.2) is 13.6 Å². The third-order valence-corrected chi connectivity index (χ3v) is 4.90. The molecule has 1 heterocycles. The summed E-state index contributed by atoms with van der Waals surface area (Å²) in [7, 11) is -3.97. The predicted molar refractivity (Wildman–Crippen MR) is 96.9 cm³/mol. The van der Waals surface area contributed by atoms with E-state index in [4.69, 9.17) is 16.7 Å². The van der Waals surface area contributed by atoms with E-state index in [-0.39, 0.29) is 17.2 Å². The molecule has 0 spiro atoms. The lowest BCUT2D eigenvalue weighted by Gasteiger charge is -2.10. The minimum atomic E-state index is -3.97. The van der Waals surface area contributed by atoms with Gasteiger partial charge < -0.3 is 5.32 Å². The Morgan fingerprint density at radius 3 is 2.64 bits per heavy atom. The van der Waals surface area contributed by atoms with Crippen LogP contribution in [0.4, 0.5) is 5.69 Å². The fourth-order valence-corrected chi connectivity index (χ4v) is 3.45. The smallest absolute Gasteiger partial charge is 0.238 e. The van der Waals surface area contributed by atoms with Crippen LogP contribution in [0.2, 0.25) is 5.02 Å². The van der Waals surface area contributed by atoms with Crippen molar-refractivity contribution >= 4 is 44.1 Å². The number of primary sulfonamides is 1. The molecule has 0 fully saturated rings. The topological polar surface area (TPSA) is 102 Å². The summed E-state index contributed by atoms with van der Waals surface area (Å²) in [5.41, 5.74) is 1.39. The number of carbonyl (C=O) groups excluding carboxylic acids is 1. The number of aromatic nitrogens is 1. The third-order valence-electron chi connectivity index (χ3n) is 3.58. The Morgan fingerprint density at radius 1 is 1.16 bits per heavy atom. The summed E-state index contributed by atoms with van der Waals surface area (Å²) in [6, 6.07) is 13.1. The Labute approximate surface area is 149 Å². The Bertz CT molecular complexity index is 1070. The van der Waals surface area contributed by atoms with Crippen molar-refractivity contribution in [1.29, 1.82) is 0 Å². The van der Waals surface area contributed by atoms with Crippen LogP contribution in [0.5, 0.6) is 0 Å². The fourth-order valence-electron chi connectivity index (χ4n) is 2.48. The number of halogens is 1. The molecule has 8 heteroatoms. The van der Waals surface area contributed by atoms with E-state index in [9.17, 15) is 13.2 Å². The van der Waals surface area contributed by atoms with Gasteiger partial charge in [0.25, 0.3) is 0 Å². The summed E-state index contributed by atoms with van der Waals surface area (Å²) >= 11 is 6.05. The highest BCUT2D eigenvalue weighted by Gasteiger charge is 2.16. The van der Waals surface area contributed by atoms with Crippen LogP contribution in [0.15, 0.2) is 59.6 Å². The van der Waals surface area contributed by atoms with Crippen molar-refractivity contribution in [3.8, 4) is 0 Å². The molecule has 25 heavy (non-hydrogen) atoms. The zero-order chi connectivity index (χ0) is 18.0. The lowest BCUT2D eigenvalue weighted by atomic mass is 10.1. The number of anilines is 1. The van der Waals surface area contributed by atoms with E-state index in [0.29, 0.717) is 27.2 Å². The van der Waals surface area contributed by atoms with Gasteiger partial charge in [-0.1, -0.05) is 29.8 Å². The fraction of sp³-hybridized carbons (Fsp3) is 0.0588. The third kappa shape index (κ3) is 3.96. The molecule has 0 saturated carbocycles. The number of amides is 1. The second-order valence-electron chi connectivity index (χ2n) is 5.41. The van der Waals surface area contributed by atoms with Gasteiger partial charge in [-0.05, 0) is 35.9 Å². The van der Waals surface area contributed by atoms with Crippen LogP contribution >= 0.6 is 11.6 Å². The summed E-state index contributed by atoms with van der Waals surface area (Å²) in [5.74, 6) is -0.330. The second kappa shape index (κ2) is 6.79. The Balaban J connectivity index is 1.94. The molecule has 6 nitrogen and oxygen atoms in total. The highest BCUT2D eigenvalue weighted by molar-refractivity contribution is 7.89. The van der Waals surface area contributed by atoms with Crippen molar-refractivity contribution in [2.75, 3.05) is 5.32 Å². The molecule has 0 unspecified atom stereocenters. The molecule has 0 bridgehead atoms. The first-order valence-corrected chi connectivity index (χ1v) is 9.22. The van der Waals surface area contributed by atoms with E-state index >= 15 is 0 Å². The lowest BCUT2D eigenvalue weighted by Crippen LogP contribution is -2.17. The molecule has 0 atom stereocenters. The number of nitrogens with zero attached hydrogens (tertiary/aromatic N) is 1. The zero-order valence-corrected chi connectivity index (χ0v) is 14.5. The maximum Gasteiger partial charge on any atom is 0.238 e. The minimum absolute atomic E-state index is 0.0602. The zero-order valence-electron chi connectivity index (χ0n) is 12.9. The lowest BCUT2D eigenvalue weighted by molar-refractivity contribution is -0.115. The van der Waals surface area contributed by atoms with E-state index in [0.717, 1.165) is 0 Å². The van der Waals surface area contributed by atoms with Crippen LogP contribution in [0.1, 0.15) is 5.56 Å². The monoisotopic (exact) mass is 375 g/mol. The Kier molecular flexibility index (Phi) is 4.71. The van der Waals surface area contributed by atoms with Crippen molar-refractivity contribution in [2.45, 2.75) is 11.3 Å². The average molecular weight is 376 g/mol. The van der Waals surface area contributed by atoms with Crippen molar-refractivity contribution < 1.29 is 13.2 Å². The molecule has 2 aromatic carbocycles. The van der Waals surface area contributed by atoms with Gasteiger partial charge in [0, 0.05) is 22.3 Å². The molecule has 0 aliphatic carbocycles. The number of pyridine rings is 1. The summed E-state index contributed by atoms with van der Waals surface area (Å²) < 4.78 is 23.7. The summed E-state index contributed by atoms with van der Waals surface area (Å²) in [6.07, 6.45) is 1.59. The molecule has 128 valence electrons. The molecule has 3 aromatic rings. The van der Waals surface area contributed by atoms with Gasteiger partial charge in [0.2, 0.25) is 15.9 Å². The molecule has 0 aliphatic rings. The molecule has 3 rings (SSSR count). The summed E-state index contributed by atoms with van der Waals surface area (Å²) in [4.78, 5) is 16.3. The van der Waals surface area contributed by atoms with Crippen LogP contribution in [-0.4, -0.2) is 19.3 Å². The number of sulfonamides is 1. The van der Waals surface area contributed by atoms with E-state index in [1.54, 1.807) is 42.5 Å². The second-order valence-corrected chi connectivity index (χ2v) is 7.34. The number of nitrogens with one attached hydrogen (secondary N) is 1. The average Bonchev–Trinajstić information content (AvgIpc) is 2.55. The number of rotatable bonds is 4. The standard InChI is InChI=1S/C17H14ClN3O3S/c18-14-6-2-1-4-11(14)8-17(22)21-12-9-15-13(5-3-7-20-15)16(10-12)25(19,23)24/h1-7,9-10H,8H2,(H,21,22)(H2,19,23,24). The van der Waals surface area contributed by atoms with Crippen LogP contribution in [-0.2, 0) is 21.2 Å². The molecule has 0 aliphatic heterocycles. The minimum Gasteiger partial charge on any atom is -0.326 e. The molecular formula is C17H14ClN3O3S. The molecule has 0 radical (unpaired) electrons. The summed E-state index contributed by atoms with van der Waals surface area (Å²) in [6.45, 7) is 0. The van der Waals surface area contributed by atoms with Gasteiger partial charge >= 0.3 is 0 Å². The van der Waals surface area contributed by atoms with E-state index in [2.05, 4.69) is 10.3 Å². The Morgan fingerprint density at radius 2 is 1.92 bits per heavy atom.